The van der Waals surface area contributed by atoms with Crippen molar-refractivity contribution >= 4 is 80.9 Å². The number of benzene rings is 8. The highest BCUT2D eigenvalue weighted by Crippen LogP contribution is 2.46. The second-order valence-corrected chi connectivity index (χ2v) is 12.4. The Balaban J connectivity index is 1.35. The number of nitrogens with zero attached hydrogens (tertiary/aromatic N) is 1. The van der Waals surface area contributed by atoms with E-state index in [4.69, 9.17) is 0 Å². The molecule has 0 spiro atoms. The van der Waals surface area contributed by atoms with Crippen molar-refractivity contribution in [3.8, 4) is 11.1 Å². The maximum atomic E-state index is 2.45. The lowest BCUT2D eigenvalue weighted by molar-refractivity contribution is 1.31. The van der Waals surface area contributed by atoms with Gasteiger partial charge in [0.15, 0.2) is 0 Å². The van der Waals surface area contributed by atoms with E-state index >= 15 is 0 Å². The van der Waals surface area contributed by atoms with Crippen molar-refractivity contribution in [2.24, 2.45) is 0 Å². The Morgan fingerprint density at radius 1 is 0.341 bits per heavy atom. The molecule has 1 nitrogen and oxygen atoms in total. The van der Waals surface area contributed by atoms with Gasteiger partial charge in [0.25, 0.3) is 0 Å². The molecule has 8 aromatic carbocycles. The van der Waals surface area contributed by atoms with Crippen LogP contribution in [0.2, 0.25) is 0 Å². The smallest absolute Gasteiger partial charge is 0.0640 e. The molecule has 0 atom stereocenters. The third kappa shape index (κ3) is 3.92. The number of anilines is 3. The number of hydrogen-bond acceptors (Lipinski definition) is 2. The van der Waals surface area contributed by atoms with Crippen molar-refractivity contribution in [2.45, 2.75) is 0 Å². The highest BCUT2D eigenvalue weighted by molar-refractivity contribution is 7.26. The highest BCUT2D eigenvalue weighted by atomic mass is 32.1. The summed E-state index contributed by atoms with van der Waals surface area (Å²) in [7, 11) is 0. The summed E-state index contributed by atoms with van der Waals surface area (Å²) in [5, 5.41) is 10.3. The second kappa shape index (κ2) is 10.1. The summed E-state index contributed by atoms with van der Waals surface area (Å²) in [5.41, 5.74) is 5.89. The Hall–Kier alpha value is -5.44. The minimum Gasteiger partial charge on any atom is -0.309 e. The average Bonchev–Trinajstić information content (AvgIpc) is 3.49. The molecule has 1 heterocycles. The summed E-state index contributed by atoms with van der Waals surface area (Å²) in [4.78, 5) is 2.45. The normalized spacial score (nSPS) is 11.6. The Morgan fingerprint density at radius 2 is 0.886 bits per heavy atom. The molecule has 1 aromatic heterocycles. The van der Waals surface area contributed by atoms with Crippen LogP contribution in [0.25, 0.3) is 63.6 Å². The first kappa shape index (κ1) is 25.1. The van der Waals surface area contributed by atoms with E-state index in [9.17, 15) is 0 Å². The minimum absolute atomic E-state index is 1.14. The van der Waals surface area contributed by atoms with Crippen LogP contribution in [0, 0.1) is 0 Å². The molecule has 0 radical (unpaired) electrons. The Labute approximate surface area is 259 Å². The zero-order valence-corrected chi connectivity index (χ0v) is 24.8. The predicted molar refractivity (Wildman–Crippen MR) is 192 cm³/mol. The average molecular weight is 578 g/mol. The van der Waals surface area contributed by atoms with E-state index in [1.165, 1.54) is 69.3 Å². The summed E-state index contributed by atoms with van der Waals surface area (Å²) in [6.07, 6.45) is 0. The van der Waals surface area contributed by atoms with Crippen molar-refractivity contribution in [2.75, 3.05) is 4.90 Å². The molecule has 0 fully saturated rings. The summed E-state index contributed by atoms with van der Waals surface area (Å²) in [6, 6.07) is 59.7. The molecule has 0 unspecified atom stereocenters. The third-order valence-corrected chi connectivity index (χ3v) is 10.0. The van der Waals surface area contributed by atoms with Crippen molar-refractivity contribution in [1.29, 1.82) is 0 Å². The van der Waals surface area contributed by atoms with Crippen LogP contribution in [0.15, 0.2) is 164 Å². The van der Waals surface area contributed by atoms with Gasteiger partial charge in [0.2, 0.25) is 0 Å². The molecule has 0 aliphatic heterocycles. The molecular weight excluding hydrogens is 551 g/mol. The lowest BCUT2D eigenvalue weighted by Gasteiger charge is -2.27. The number of thiophene rings is 1. The lowest BCUT2D eigenvalue weighted by Crippen LogP contribution is -2.10. The Bertz CT molecular complexity index is 2470. The van der Waals surface area contributed by atoms with Crippen LogP contribution >= 0.6 is 11.3 Å². The quantitative estimate of drug-likeness (QED) is 0.188. The zero-order chi connectivity index (χ0) is 29.0. The molecule has 206 valence electrons. The minimum atomic E-state index is 1.14. The van der Waals surface area contributed by atoms with E-state index < -0.39 is 0 Å². The van der Waals surface area contributed by atoms with E-state index in [1.54, 1.807) is 0 Å². The van der Waals surface area contributed by atoms with Gasteiger partial charge in [0, 0.05) is 26.8 Å². The van der Waals surface area contributed by atoms with Crippen molar-refractivity contribution in [3.05, 3.63) is 164 Å². The van der Waals surface area contributed by atoms with Gasteiger partial charge in [-0.25, -0.2) is 0 Å². The van der Waals surface area contributed by atoms with Crippen molar-refractivity contribution in [1.82, 2.24) is 0 Å². The Morgan fingerprint density at radius 3 is 1.64 bits per heavy atom. The Kier molecular flexibility index (Phi) is 5.75. The van der Waals surface area contributed by atoms with Crippen LogP contribution in [0.1, 0.15) is 0 Å². The van der Waals surface area contributed by atoms with Crippen LogP contribution in [-0.2, 0) is 0 Å². The van der Waals surface area contributed by atoms with Crippen molar-refractivity contribution < 1.29 is 0 Å². The summed E-state index contributed by atoms with van der Waals surface area (Å²) < 4.78 is 2.60. The van der Waals surface area contributed by atoms with E-state index in [1.807, 2.05) is 11.3 Å². The fraction of sp³-hybridized carbons (Fsp3) is 0. The predicted octanol–water partition coefficient (Wildman–Crippen LogP) is 12.7. The van der Waals surface area contributed by atoms with E-state index in [2.05, 4.69) is 169 Å². The summed E-state index contributed by atoms with van der Waals surface area (Å²) >= 11 is 1.87. The lowest BCUT2D eigenvalue weighted by atomic mass is 9.94. The molecule has 0 aliphatic rings. The van der Waals surface area contributed by atoms with Gasteiger partial charge in [-0.05, 0) is 79.8 Å². The first-order chi connectivity index (χ1) is 21.8. The first-order valence-electron chi connectivity index (χ1n) is 15.0. The monoisotopic (exact) mass is 577 g/mol. The molecule has 0 N–H and O–H groups in total. The SMILES string of the molecule is c1ccc(-c2cccc(N(c3ccc4c5ccccc5c5ccccc5c4c3)c3cccc4c3sc3ccccc34)c2)cc1. The second-order valence-electron chi connectivity index (χ2n) is 11.3. The standard InChI is InChI=1S/C42H27NS/c1-2-12-28(13-3-1)29-14-10-15-30(26-29)43(40-22-11-21-38-37-20-8-9-23-41(37)44-42(38)40)31-24-25-36-34-18-5-4-16-32(34)33-17-6-7-19-35(33)39(36)27-31/h1-27H. The summed E-state index contributed by atoms with van der Waals surface area (Å²) in [5.74, 6) is 0. The molecule has 44 heavy (non-hydrogen) atoms. The van der Waals surface area contributed by atoms with E-state index in [0.29, 0.717) is 0 Å². The zero-order valence-electron chi connectivity index (χ0n) is 23.9. The highest BCUT2D eigenvalue weighted by Gasteiger charge is 2.20. The van der Waals surface area contributed by atoms with Crippen LogP contribution in [0.5, 0.6) is 0 Å². The van der Waals surface area contributed by atoms with Gasteiger partial charge in [-0.1, -0.05) is 127 Å². The number of fused-ring (bicyclic) bond motifs is 9. The molecule has 2 heteroatoms. The van der Waals surface area contributed by atoms with Gasteiger partial charge in [-0.2, -0.15) is 0 Å². The number of hydrogen-bond donors (Lipinski definition) is 0. The fourth-order valence-corrected chi connectivity index (χ4v) is 8.03. The van der Waals surface area contributed by atoms with Crippen LogP contribution in [0.4, 0.5) is 17.1 Å². The molecule has 0 aliphatic carbocycles. The van der Waals surface area contributed by atoms with Gasteiger partial charge >= 0.3 is 0 Å². The third-order valence-electron chi connectivity index (χ3n) is 8.82. The van der Waals surface area contributed by atoms with Crippen LogP contribution in [-0.4, -0.2) is 0 Å². The van der Waals surface area contributed by atoms with Gasteiger partial charge in [-0.3, -0.25) is 0 Å². The molecule has 0 saturated heterocycles. The molecule has 9 rings (SSSR count). The summed E-state index contributed by atoms with van der Waals surface area (Å²) in [6.45, 7) is 0. The van der Waals surface area contributed by atoms with Gasteiger partial charge < -0.3 is 4.90 Å². The van der Waals surface area contributed by atoms with Crippen molar-refractivity contribution in [3.63, 3.8) is 0 Å². The molecule has 0 bridgehead atoms. The molecular formula is C42H27NS. The largest absolute Gasteiger partial charge is 0.309 e. The maximum Gasteiger partial charge on any atom is 0.0640 e. The fourth-order valence-electron chi connectivity index (χ4n) is 6.83. The van der Waals surface area contributed by atoms with Gasteiger partial charge in [0.1, 0.15) is 0 Å². The topological polar surface area (TPSA) is 3.24 Å². The van der Waals surface area contributed by atoms with Gasteiger partial charge in [0.05, 0.1) is 10.4 Å². The molecule has 0 amide bonds. The van der Waals surface area contributed by atoms with E-state index in [-0.39, 0.29) is 0 Å². The van der Waals surface area contributed by atoms with E-state index in [0.717, 1.165) is 11.4 Å². The maximum absolute atomic E-state index is 2.45. The molecule has 0 saturated carbocycles. The van der Waals surface area contributed by atoms with Gasteiger partial charge in [-0.15, -0.1) is 11.3 Å². The number of rotatable bonds is 4. The van der Waals surface area contributed by atoms with Crippen LogP contribution in [0.3, 0.4) is 0 Å². The first-order valence-corrected chi connectivity index (χ1v) is 15.8. The van der Waals surface area contributed by atoms with Crippen LogP contribution < -0.4 is 4.90 Å². The molecule has 9 aromatic rings.